The van der Waals surface area contributed by atoms with Gasteiger partial charge in [-0.2, -0.15) is 0 Å². The van der Waals surface area contributed by atoms with Crippen LogP contribution in [-0.4, -0.2) is 41.5 Å². The summed E-state index contributed by atoms with van der Waals surface area (Å²) in [5.74, 6) is -0.693. The number of thiocarbonyl (C=S) groups is 1. The highest BCUT2D eigenvalue weighted by Gasteiger charge is 2.35. The summed E-state index contributed by atoms with van der Waals surface area (Å²) in [6, 6.07) is 0. The van der Waals surface area contributed by atoms with Gasteiger partial charge in [-0.05, 0) is 27.7 Å². The van der Waals surface area contributed by atoms with Crippen molar-refractivity contribution in [3.8, 4) is 0 Å². The van der Waals surface area contributed by atoms with Gasteiger partial charge in [0.1, 0.15) is 6.54 Å². The molecular weight excluding hydrogens is 240 g/mol. The third-order valence-electron chi connectivity index (χ3n) is 2.44. The van der Waals surface area contributed by atoms with Crippen LogP contribution in [0, 0.1) is 5.41 Å². The molecule has 0 aliphatic heterocycles. The van der Waals surface area contributed by atoms with E-state index in [9.17, 15) is 9.59 Å². The largest absolute Gasteiger partial charge is 0.465 e. The molecule has 0 saturated carbocycles. The summed E-state index contributed by atoms with van der Waals surface area (Å²) in [5.41, 5.74) is 4.57. The van der Waals surface area contributed by atoms with E-state index in [-0.39, 0.29) is 17.4 Å². The quantitative estimate of drug-likeness (QED) is 0.562. The molecule has 5 nitrogen and oxygen atoms in total. The Balaban J connectivity index is 4.73. The van der Waals surface area contributed by atoms with Crippen LogP contribution in [0.3, 0.4) is 0 Å². The molecule has 0 aromatic heterocycles. The summed E-state index contributed by atoms with van der Waals surface area (Å²) in [5, 5.41) is 0. The van der Waals surface area contributed by atoms with E-state index in [1.807, 2.05) is 0 Å². The summed E-state index contributed by atoms with van der Waals surface area (Å²) in [7, 11) is 0. The number of ether oxygens (including phenoxy) is 1. The Hall–Kier alpha value is -1.17. The van der Waals surface area contributed by atoms with Crippen molar-refractivity contribution < 1.29 is 14.3 Å². The lowest BCUT2D eigenvalue weighted by Crippen LogP contribution is -2.48. The third-order valence-corrected chi connectivity index (χ3v) is 2.96. The average Bonchev–Trinajstić information content (AvgIpc) is 2.25. The number of likely N-dealkylation sites (N-methyl/N-ethyl adjacent to an activating group) is 1. The van der Waals surface area contributed by atoms with Gasteiger partial charge in [0.15, 0.2) is 0 Å². The number of esters is 1. The topological polar surface area (TPSA) is 72.6 Å². The van der Waals surface area contributed by atoms with Crippen LogP contribution in [-0.2, 0) is 14.3 Å². The van der Waals surface area contributed by atoms with Crippen LogP contribution in [0.5, 0.6) is 0 Å². The molecule has 0 heterocycles. The van der Waals surface area contributed by atoms with Crippen molar-refractivity contribution in [1.82, 2.24) is 4.90 Å². The Labute approximate surface area is 107 Å². The van der Waals surface area contributed by atoms with Gasteiger partial charge in [-0.25, -0.2) is 0 Å². The number of nitrogens with two attached hydrogens (primary N) is 1. The minimum absolute atomic E-state index is 0.0742. The monoisotopic (exact) mass is 260 g/mol. The van der Waals surface area contributed by atoms with E-state index in [1.54, 1.807) is 27.7 Å². The highest BCUT2D eigenvalue weighted by atomic mass is 32.1. The van der Waals surface area contributed by atoms with Gasteiger partial charge in [-0.15, -0.1) is 0 Å². The molecule has 6 heteroatoms. The molecule has 0 fully saturated rings. The van der Waals surface area contributed by atoms with E-state index >= 15 is 0 Å². The van der Waals surface area contributed by atoms with E-state index in [1.165, 1.54) is 4.90 Å². The van der Waals surface area contributed by atoms with Crippen LogP contribution in [0.25, 0.3) is 0 Å². The lowest BCUT2D eigenvalue weighted by Gasteiger charge is -2.29. The highest BCUT2D eigenvalue weighted by molar-refractivity contribution is 7.80. The van der Waals surface area contributed by atoms with Crippen molar-refractivity contribution in [2.24, 2.45) is 11.1 Å². The minimum atomic E-state index is -0.947. The molecule has 0 spiro atoms. The molecule has 98 valence electrons. The van der Waals surface area contributed by atoms with Crippen molar-refractivity contribution in [2.75, 3.05) is 19.7 Å². The molecule has 2 N–H and O–H groups in total. The van der Waals surface area contributed by atoms with E-state index in [2.05, 4.69) is 0 Å². The SMILES string of the molecule is CCOC(=O)CN(CC)C(=O)C(C)(C)C(N)=S. The van der Waals surface area contributed by atoms with E-state index < -0.39 is 11.4 Å². The normalized spacial score (nSPS) is 10.8. The number of nitrogens with zero attached hydrogens (tertiary/aromatic N) is 1. The van der Waals surface area contributed by atoms with Gasteiger partial charge < -0.3 is 15.4 Å². The van der Waals surface area contributed by atoms with Gasteiger partial charge in [-0.1, -0.05) is 12.2 Å². The van der Waals surface area contributed by atoms with E-state index in [0.717, 1.165) is 0 Å². The van der Waals surface area contributed by atoms with Crippen LogP contribution in [0.1, 0.15) is 27.7 Å². The maximum atomic E-state index is 12.1. The van der Waals surface area contributed by atoms with Crippen LogP contribution in [0.15, 0.2) is 0 Å². The summed E-state index contributed by atoms with van der Waals surface area (Å²) in [6.45, 7) is 7.42. The van der Waals surface area contributed by atoms with Crippen molar-refractivity contribution in [3.05, 3.63) is 0 Å². The maximum absolute atomic E-state index is 12.1. The first-order chi connectivity index (χ1) is 7.77. The molecule has 17 heavy (non-hydrogen) atoms. The van der Waals surface area contributed by atoms with Gasteiger partial charge in [0.05, 0.1) is 17.0 Å². The molecule has 0 saturated heterocycles. The smallest absolute Gasteiger partial charge is 0.325 e. The Kier molecular flexibility index (Phi) is 6.09. The molecular formula is C11H20N2O3S. The van der Waals surface area contributed by atoms with E-state index in [0.29, 0.717) is 13.2 Å². The van der Waals surface area contributed by atoms with Crippen LogP contribution in [0.4, 0.5) is 0 Å². The van der Waals surface area contributed by atoms with Crippen LogP contribution < -0.4 is 5.73 Å². The number of amides is 1. The standard InChI is InChI=1S/C11H20N2O3S/c1-5-13(7-8(14)16-6-2)10(15)11(3,4)9(12)17/h5-7H2,1-4H3,(H2,12,17). The molecule has 0 atom stereocenters. The van der Waals surface area contributed by atoms with Gasteiger partial charge >= 0.3 is 5.97 Å². The Morgan fingerprint density at radius 1 is 1.35 bits per heavy atom. The molecule has 0 aliphatic carbocycles. The molecule has 0 aliphatic rings. The zero-order valence-corrected chi connectivity index (χ0v) is 11.6. The van der Waals surface area contributed by atoms with Crippen molar-refractivity contribution in [3.63, 3.8) is 0 Å². The summed E-state index contributed by atoms with van der Waals surface area (Å²) < 4.78 is 4.80. The fraction of sp³-hybridized carbons (Fsp3) is 0.727. The Morgan fingerprint density at radius 2 is 1.88 bits per heavy atom. The second kappa shape index (κ2) is 6.54. The van der Waals surface area contributed by atoms with Gasteiger partial charge in [0.2, 0.25) is 5.91 Å². The molecule has 0 unspecified atom stereocenters. The van der Waals surface area contributed by atoms with Crippen molar-refractivity contribution in [2.45, 2.75) is 27.7 Å². The first-order valence-electron chi connectivity index (χ1n) is 5.52. The summed E-state index contributed by atoms with van der Waals surface area (Å²) >= 11 is 4.85. The van der Waals surface area contributed by atoms with Gasteiger partial charge in [0, 0.05) is 6.54 Å². The minimum Gasteiger partial charge on any atom is -0.465 e. The molecule has 0 radical (unpaired) electrons. The number of carbonyl (C=O) groups is 2. The predicted molar refractivity (Wildman–Crippen MR) is 69.5 cm³/mol. The molecule has 0 aromatic rings. The highest BCUT2D eigenvalue weighted by Crippen LogP contribution is 2.19. The average molecular weight is 260 g/mol. The lowest BCUT2D eigenvalue weighted by atomic mass is 9.91. The fourth-order valence-electron chi connectivity index (χ4n) is 1.19. The first-order valence-corrected chi connectivity index (χ1v) is 5.93. The van der Waals surface area contributed by atoms with Crippen LogP contribution >= 0.6 is 12.2 Å². The lowest BCUT2D eigenvalue weighted by molar-refractivity contribution is -0.150. The number of carbonyl (C=O) groups excluding carboxylic acids is 2. The first kappa shape index (κ1) is 15.8. The zero-order valence-electron chi connectivity index (χ0n) is 10.8. The number of hydrogen-bond acceptors (Lipinski definition) is 4. The fourth-order valence-corrected chi connectivity index (χ4v) is 1.28. The number of hydrogen-bond donors (Lipinski definition) is 1. The van der Waals surface area contributed by atoms with E-state index in [4.69, 9.17) is 22.7 Å². The van der Waals surface area contributed by atoms with Crippen LogP contribution in [0.2, 0.25) is 0 Å². The third kappa shape index (κ3) is 4.30. The second-order valence-corrected chi connectivity index (χ2v) is 4.55. The predicted octanol–water partition coefficient (Wildman–Crippen LogP) is 0.710. The Bertz CT molecular complexity index is 316. The van der Waals surface area contributed by atoms with Crippen molar-refractivity contribution in [1.29, 1.82) is 0 Å². The Morgan fingerprint density at radius 3 is 2.24 bits per heavy atom. The van der Waals surface area contributed by atoms with Gasteiger partial charge in [-0.3, -0.25) is 9.59 Å². The summed E-state index contributed by atoms with van der Waals surface area (Å²) in [6.07, 6.45) is 0. The van der Waals surface area contributed by atoms with Gasteiger partial charge in [0.25, 0.3) is 0 Å². The molecule has 0 aromatic carbocycles. The molecule has 0 bridgehead atoms. The molecule has 1 amide bonds. The zero-order chi connectivity index (χ0) is 13.6. The molecule has 0 rings (SSSR count). The number of rotatable bonds is 6. The second-order valence-electron chi connectivity index (χ2n) is 4.11. The maximum Gasteiger partial charge on any atom is 0.325 e. The summed E-state index contributed by atoms with van der Waals surface area (Å²) in [4.78, 5) is 25.0. The van der Waals surface area contributed by atoms with Crippen molar-refractivity contribution >= 4 is 29.1 Å².